The topological polar surface area (TPSA) is 69.0 Å². The van der Waals surface area contributed by atoms with Gasteiger partial charge < -0.3 is 10.1 Å². The molecule has 0 atom stereocenters. The average Bonchev–Trinajstić information content (AvgIpc) is 2.51. The van der Waals surface area contributed by atoms with Crippen LogP contribution in [0.15, 0.2) is 6.33 Å². The molecule has 6 nitrogen and oxygen atoms in total. The zero-order valence-corrected chi connectivity index (χ0v) is 7.65. The zero-order valence-electron chi connectivity index (χ0n) is 7.65. The van der Waals surface area contributed by atoms with Crippen molar-refractivity contribution in [2.45, 2.75) is 6.42 Å². The highest BCUT2D eigenvalue weighted by atomic mass is 16.5. The van der Waals surface area contributed by atoms with Gasteiger partial charge in [0.2, 0.25) is 5.95 Å². The maximum Gasteiger partial charge on any atom is 0.307 e. The maximum absolute atomic E-state index is 10.7. The molecule has 0 amide bonds. The highest BCUT2D eigenvalue weighted by molar-refractivity contribution is 5.69. The van der Waals surface area contributed by atoms with Crippen molar-refractivity contribution in [3.05, 3.63) is 6.33 Å². The Morgan fingerprint density at radius 1 is 1.77 bits per heavy atom. The number of anilines is 1. The van der Waals surface area contributed by atoms with Gasteiger partial charge in [0, 0.05) is 13.6 Å². The summed E-state index contributed by atoms with van der Waals surface area (Å²) in [4.78, 5) is 14.6. The number of aryl methyl sites for hydroxylation is 1. The van der Waals surface area contributed by atoms with Gasteiger partial charge in [-0.1, -0.05) is 0 Å². The first kappa shape index (κ1) is 9.50. The molecule has 0 saturated carbocycles. The van der Waals surface area contributed by atoms with Crippen LogP contribution in [0, 0.1) is 0 Å². The highest BCUT2D eigenvalue weighted by Crippen LogP contribution is 1.94. The first-order chi connectivity index (χ1) is 6.22. The van der Waals surface area contributed by atoms with E-state index in [4.69, 9.17) is 0 Å². The smallest absolute Gasteiger partial charge is 0.307 e. The predicted octanol–water partition coefficient (Wildman–Crippen LogP) is -0.210. The van der Waals surface area contributed by atoms with Crippen LogP contribution in [-0.2, 0) is 16.6 Å². The Labute approximate surface area is 75.9 Å². The SMILES string of the molecule is COC(=O)CCNc1ncn(C)n1. The second-order valence-corrected chi connectivity index (χ2v) is 2.49. The largest absolute Gasteiger partial charge is 0.469 e. The molecule has 0 spiro atoms. The number of carbonyl (C=O) groups is 1. The number of aromatic nitrogens is 3. The number of methoxy groups -OCH3 is 1. The van der Waals surface area contributed by atoms with Crippen LogP contribution in [0.1, 0.15) is 6.42 Å². The number of nitrogens with zero attached hydrogens (tertiary/aromatic N) is 3. The van der Waals surface area contributed by atoms with Gasteiger partial charge in [0.15, 0.2) is 0 Å². The number of carbonyl (C=O) groups excluding carboxylic acids is 1. The van der Waals surface area contributed by atoms with E-state index in [0.29, 0.717) is 18.9 Å². The fourth-order valence-electron chi connectivity index (χ4n) is 0.799. The van der Waals surface area contributed by atoms with Gasteiger partial charge in [-0.15, -0.1) is 5.10 Å². The predicted molar refractivity (Wildman–Crippen MR) is 46.1 cm³/mol. The van der Waals surface area contributed by atoms with Crippen LogP contribution in [0.5, 0.6) is 0 Å². The van der Waals surface area contributed by atoms with Crippen LogP contribution < -0.4 is 5.32 Å². The summed E-state index contributed by atoms with van der Waals surface area (Å²) in [5.74, 6) is 0.273. The molecule has 0 unspecified atom stereocenters. The third-order valence-electron chi connectivity index (χ3n) is 1.44. The van der Waals surface area contributed by atoms with Crippen LogP contribution in [0.4, 0.5) is 5.95 Å². The Morgan fingerprint density at radius 2 is 2.54 bits per heavy atom. The summed E-state index contributed by atoms with van der Waals surface area (Å²) < 4.78 is 6.05. The van der Waals surface area contributed by atoms with E-state index in [1.807, 2.05) is 0 Å². The first-order valence-corrected chi connectivity index (χ1v) is 3.88. The van der Waals surface area contributed by atoms with Crippen molar-refractivity contribution in [2.24, 2.45) is 7.05 Å². The maximum atomic E-state index is 10.7. The Morgan fingerprint density at radius 3 is 3.08 bits per heavy atom. The van der Waals surface area contributed by atoms with Gasteiger partial charge in [0.25, 0.3) is 0 Å². The minimum absolute atomic E-state index is 0.247. The number of nitrogens with one attached hydrogen (secondary N) is 1. The highest BCUT2D eigenvalue weighted by Gasteiger charge is 2.00. The molecule has 0 aliphatic rings. The standard InChI is InChI=1S/C7H12N4O2/c1-11-5-9-7(10-11)8-4-3-6(12)13-2/h5H,3-4H2,1-2H3,(H,8,10). The van der Waals surface area contributed by atoms with Gasteiger partial charge >= 0.3 is 5.97 Å². The van der Waals surface area contributed by atoms with Crippen molar-refractivity contribution in [1.29, 1.82) is 0 Å². The van der Waals surface area contributed by atoms with E-state index >= 15 is 0 Å². The lowest BCUT2D eigenvalue weighted by molar-refractivity contribution is -0.140. The molecule has 0 aromatic carbocycles. The summed E-state index contributed by atoms with van der Waals surface area (Å²) in [5, 5.41) is 6.86. The number of hydrogen-bond donors (Lipinski definition) is 1. The molecular weight excluding hydrogens is 172 g/mol. The van der Waals surface area contributed by atoms with Crippen LogP contribution >= 0.6 is 0 Å². The number of hydrogen-bond acceptors (Lipinski definition) is 5. The monoisotopic (exact) mass is 184 g/mol. The molecule has 0 aliphatic heterocycles. The summed E-state index contributed by atoms with van der Waals surface area (Å²) in [5.41, 5.74) is 0. The quantitative estimate of drug-likeness (QED) is 0.656. The van der Waals surface area contributed by atoms with E-state index < -0.39 is 0 Å². The summed E-state index contributed by atoms with van der Waals surface area (Å²) in [6.45, 7) is 0.483. The second kappa shape index (κ2) is 4.44. The second-order valence-electron chi connectivity index (χ2n) is 2.49. The summed E-state index contributed by atoms with van der Waals surface area (Å²) in [6, 6.07) is 0. The number of rotatable bonds is 4. The lowest BCUT2D eigenvalue weighted by Crippen LogP contribution is -2.10. The molecule has 72 valence electrons. The fourth-order valence-corrected chi connectivity index (χ4v) is 0.799. The Kier molecular flexibility index (Phi) is 3.24. The van der Waals surface area contributed by atoms with E-state index in [-0.39, 0.29) is 5.97 Å². The lowest BCUT2D eigenvalue weighted by atomic mass is 10.4. The van der Waals surface area contributed by atoms with E-state index in [1.165, 1.54) is 7.11 Å². The van der Waals surface area contributed by atoms with Gasteiger partial charge in [-0.2, -0.15) is 0 Å². The van der Waals surface area contributed by atoms with Crippen molar-refractivity contribution in [3.63, 3.8) is 0 Å². The molecule has 0 bridgehead atoms. The molecule has 1 heterocycles. The first-order valence-electron chi connectivity index (χ1n) is 3.88. The molecule has 6 heteroatoms. The van der Waals surface area contributed by atoms with Gasteiger partial charge in [-0.25, -0.2) is 4.98 Å². The number of ether oxygens (including phenoxy) is 1. The Balaban J connectivity index is 2.24. The van der Waals surface area contributed by atoms with E-state index in [2.05, 4.69) is 20.1 Å². The lowest BCUT2D eigenvalue weighted by Gasteiger charge is -1.99. The van der Waals surface area contributed by atoms with Crippen molar-refractivity contribution in [3.8, 4) is 0 Å². The molecule has 1 N–H and O–H groups in total. The van der Waals surface area contributed by atoms with Crippen LogP contribution in [0.3, 0.4) is 0 Å². The van der Waals surface area contributed by atoms with E-state index in [1.54, 1.807) is 18.1 Å². The molecule has 1 aromatic heterocycles. The van der Waals surface area contributed by atoms with Crippen LogP contribution in [-0.4, -0.2) is 34.4 Å². The van der Waals surface area contributed by atoms with Crippen molar-refractivity contribution < 1.29 is 9.53 Å². The van der Waals surface area contributed by atoms with Crippen molar-refractivity contribution in [1.82, 2.24) is 14.8 Å². The molecule has 1 aromatic rings. The summed E-state index contributed by atoms with van der Waals surface area (Å²) >= 11 is 0. The van der Waals surface area contributed by atoms with Gasteiger partial charge in [0.05, 0.1) is 13.5 Å². The van der Waals surface area contributed by atoms with Gasteiger partial charge in [0.1, 0.15) is 6.33 Å². The van der Waals surface area contributed by atoms with E-state index in [0.717, 1.165) is 0 Å². The minimum atomic E-state index is -0.247. The molecule has 1 rings (SSSR count). The Hall–Kier alpha value is -1.59. The summed E-state index contributed by atoms with van der Waals surface area (Å²) in [6.07, 6.45) is 1.90. The van der Waals surface area contributed by atoms with E-state index in [9.17, 15) is 4.79 Å². The van der Waals surface area contributed by atoms with Crippen molar-refractivity contribution in [2.75, 3.05) is 19.0 Å². The molecule has 0 saturated heterocycles. The minimum Gasteiger partial charge on any atom is -0.469 e. The average molecular weight is 184 g/mol. The molecular formula is C7H12N4O2. The number of esters is 1. The van der Waals surface area contributed by atoms with Crippen LogP contribution in [0.25, 0.3) is 0 Å². The zero-order chi connectivity index (χ0) is 9.68. The van der Waals surface area contributed by atoms with Gasteiger partial charge in [-0.05, 0) is 0 Å². The summed E-state index contributed by atoms with van der Waals surface area (Å²) in [7, 11) is 3.14. The van der Waals surface area contributed by atoms with Crippen LogP contribution in [0.2, 0.25) is 0 Å². The normalized spacial score (nSPS) is 9.69. The third-order valence-corrected chi connectivity index (χ3v) is 1.44. The van der Waals surface area contributed by atoms with Gasteiger partial charge in [-0.3, -0.25) is 9.48 Å². The van der Waals surface area contributed by atoms with Crippen molar-refractivity contribution >= 4 is 11.9 Å². The Bertz CT molecular complexity index is 284. The molecule has 13 heavy (non-hydrogen) atoms. The molecule has 0 aliphatic carbocycles. The fraction of sp³-hybridized carbons (Fsp3) is 0.571. The molecule has 0 fully saturated rings. The third kappa shape index (κ3) is 3.10. The molecule has 0 radical (unpaired) electrons.